The first-order chi connectivity index (χ1) is 12.6. The van der Waals surface area contributed by atoms with Crippen molar-refractivity contribution >= 4 is 16.7 Å². The second-order valence-corrected chi connectivity index (χ2v) is 6.65. The molecular formula is C18H20F3N5O. The molecule has 1 N–H and O–H groups in total. The molecule has 0 fully saturated rings. The highest BCUT2D eigenvalue weighted by molar-refractivity contribution is 5.77. The molecular weight excluding hydrogens is 359 g/mol. The molecule has 0 aliphatic rings. The van der Waals surface area contributed by atoms with Crippen molar-refractivity contribution in [3.8, 4) is 0 Å². The number of alkyl halides is 3. The van der Waals surface area contributed by atoms with Crippen LogP contribution in [0.1, 0.15) is 30.0 Å². The minimum absolute atomic E-state index is 0.151. The van der Waals surface area contributed by atoms with Gasteiger partial charge in [0.25, 0.3) is 5.56 Å². The lowest BCUT2D eigenvalue weighted by atomic mass is 10.2. The largest absolute Gasteiger partial charge is 0.416 e. The molecule has 0 aliphatic carbocycles. The smallest absolute Gasteiger partial charge is 0.372 e. The number of benzene rings is 1. The van der Waals surface area contributed by atoms with E-state index in [1.54, 1.807) is 25.6 Å². The molecule has 1 aromatic carbocycles. The quantitative estimate of drug-likeness (QED) is 0.754. The Morgan fingerprint density at radius 3 is 2.44 bits per heavy atom. The van der Waals surface area contributed by atoms with Crippen LogP contribution in [0.15, 0.2) is 29.1 Å². The Hall–Kier alpha value is -2.84. The summed E-state index contributed by atoms with van der Waals surface area (Å²) in [7, 11) is 1.79. The van der Waals surface area contributed by atoms with Crippen LogP contribution in [0.2, 0.25) is 0 Å². The third-order valence-corrected chi connectivity index (χ3v) is 4.45. The van der Waals surface area contributed by atoms with Gasteiger partial charge in [-0.05, 0) is 45.0 Å². The topological polar surface area (TPSA) is 66.8 Å². The summed E-state index contributed by atoms with van der Waals surface area (Å²) >= 11 is 0. The Bertz CT molecular complexity index is 1020. The fourth-order valence-electron chi connectivity index (χ4n) is 3.11. The fourth-order valence-corrected chi connectivity index (χ4v) is 3.11. The van der Waals surface area contributed by atoms with Gasteiger partial charge in [0, 0.05) is 19.3 Å². The minimum atomic E-state index is -4.35. The molecule has 1 atom stereocenters. The van der Waals surface area contributed by atoms with E-state index in [2.05, 4.69) is 15.1 Å². The molecule has 2 aromatic heterocycles. The van der Waals surface area contributed by atoms with Gasteiger partial charge in [0.2, 0.25) is 0 Å². The Balaban J connectivity index is 1.86. The number of aromatic nitrogens is 4. The van der Waals surface area contributed by atoms with Crippen LogP contribution < -0.4 is 10.5 Å². The van der Waals surface area contributed by atoms with E-state index in [1.807, 2.05) is 11.8 Å². The first-order valence-corrected chi connectivity index (χ1v) is 8.42. The summed E-state index contributed by atoms with van der Waals surface area (Å²) in [6, 6.07) is 4.86. The maximum Gasteiger partial charge on any atom is 0.416 e. The van der Waals surface area contributed by atoms with E-state index in [1.165, 1.54) is 12.1 Å². The molecule has 0 bridgehead atoms. The standard InChI is InChI=1S/C18H20F3N5O/c1-10(9-25(4)14-7-5-13(6-8-14)18(19,20)21)26-16-15(11(2)24-26)17(27)23-12(3)22-16/h5-8,10H,9H2,1-4H3,(H,22,23,27). The van der Waals surface area contributed by atoms with Gasteiger partial charge in [0.1, 0.15) is 11.2 Å². The molecule has 0 radical (unpaired) electrons. The maximum absolute atomic E-state index is 12.7. The number of likely N-dealkylation sites (N-methyl/N-ethyl adjacent to an activating group) is 1. The number of anilines is 1. The molecule has 9 heteroatoms. The second kappa shape index (κ2) is 6.71. The third-order valence-electron chi connectivity index (χ3n) is 4.45. The van der Waals surface area contributed by atoms with E-state index in [0.717, 1.165) is 12.1 Å². The summed E-state index contributed by atoms with van der Waals surface area (Å²) in [6.07, 6.45) is -4.35. The Kier molecular flexibility index (Phi) is 4.71. The number of aryl methyl sites for hydroxylation is 2. The predicted octanol–water partition coefficient (Wildman–Crippen LogP) is 3.45. The monoisotopic (exact) mass is 379 g/mol. The number of aromatic amines is 1. The van der Waals surface area contributed by atoms with Crippen LogP contribution in [-0.2, 0) is 6.18 Å². The highest BCUT2D eigenvalue weighted by atomic mass is 19.4. The van der Waals surface area contributed by atoms with Crippen molar-refractivity contribution in [3.63, 3.8) is 0 Å². The average Bonchev–Trinajstić information content (AvgIpc) is 2.91. The Labute approximate surface area is 153 Å². The molecule has 3 aromatic rings. The van der Waals surface area contributed by atoms with Crippen molar-refractivity contribution in [3.05, 3.63) is 51.7 Å². The molecule has 2 heterocycles. The molecule has 6 nitrogen and oxygen atoms in total. The number of fused-ring (bicyclic) bond motifs is 1. The summed E-state index contributed by atoms with van der Waals surface area (Å²) in [5.41, 5.74) is 0.833. The first-order valence-electron chi connectivity index (χ1n) is 8.42. The van der Waals surface area contributed by atoms with Gasteiger partial charge in [0.05, 0.1) is 17.3 Å². The van der Waals surface area contributed by atoms with Crippen LogP contribution >= 0.6 is 0 Å². The molecule has 0 aliphatic heterocycles. The molecule has 3 rings (SSSR count). The zero-order chi connectivity index (χ0) is 19.9. The number of H-pyrrole nitrogens is 1. The Morgan fingerprint density at radius 2 is 1.85 bits per heavy atom. The van der Waals surface area contributed by atoms with Crippen molar-refractivity contribution in [2.45, 2.75) is 33.0 Å². The molecule has 144 valence electrons. The van der Waals surface area contributed by atoms with Crippen molar-refractivity contribution in [1.82, 2.24) is 19.7 Å². The van der Waals surface area contributed by atoms with Gasteiger partial charge in [-0.1, -0.05) is 0 Å². The van der Waals surface area contributed by atoms with E-state index < -0.39 is 11.7 Å². The number of hydrogen-bond donors (Lipinski definition) is 1. The van der Waals surface area contributed by atoms with Gasteiger partial charge in [-0.3, -0.25) is 4.79 Å². The first kappa shape index (κ1) is 18.9. The normalized spacial score (nSPS) is 13.1. The van der Waals surface area contributed by atoms with Gasteiger partial charge in [-0.25, -0.2) is 9.67 Å². The third kappa shape index (κ3) is 3.67. The molecule has 1 unspecified atom stereocenters. The number of rotatable bonds is 4. The number of halogens is 3. The van der Waals surface area contributed by atoms with Crippen LogP contribution in [0.5, 0.6) is 0 Å². The van der Waals surface area contributed by atoms with Crippen LogP contribution in [0.4, 0.5) is 18.9 Å². The highest BCUT2D eigenvalue weighted by Gasteiger charge is 2.30. The SMILES string of the molecule is Cc1nc2c(c(C)nn2C(C)CN(C)c2ccc(C(F)(F)F)cc2)c(=O)[nH]1. The van der Waals surface area contributed by atoms with Crippen molar-refractivity contribution in [1.29, 1.82) is 0 Å². The van der Waals surface area contributed by atoms with Crippen LogP contribution in [0, 0.1) is 13.8 Å². The number of nitrogens with one attached hydrogen (secondary N) is 1. The van der Waals surface area contributed by atoms with Crippen molar-refractivity contribution in [2.75, 3.05) is 18.5 Å². The molecule has 0 spiro atoms. The van der Waals surface area contributed by atoms with Crippen LogP contribution in [0.25, 0.3) is 11.0 Å². The maximum atomic E-state index is 12.7. The van der Waals surface area contributed by atoms with Gasteiger partial charge in [-0.15, -0.1) is 0 Å². The van der Waals surface area contributed by atoms with E-state index in [0.29, 0.717) is 34.8 Å². The lowest BCUT2D eigenvalue weighted by molar-refractivity contribution is -0.137. The van der Waals surface area contributed by atoms with Crippen molar-refractivity contribution in [2.24, 2.45) is 0 Å². The fraction of sp³-hybridized carbons (Fsp3) is 0.389. The van der Waals surface area contributed by atoms with Crippen molar-refractivity contribution < 1.29 is 13.2 Å². The summed E-state index contributed by atoms with van der Waals surface area (Å²) in [5, 5.41) is 4.89. The number of hydrogen-bond acceptors (Lipinski definition) is 4. The summed E-state index contributed by atoms with van der Waals surface area (Å²) in [6.45, 7) is 5.85. The summed E-state index contributed by atoms with van der Waals surface area (Å²) in [5.74, 6) is 0.497. The molecule has 0 saturated heterocycles. The van der Waals surface area contributed by atoms with Gasteiger partial charge in [-0.2, -0.15) is 18.3 Å². The van der Waals surface area contributed by atoms with Gasteiger partial charge < -0.3 is 9.88 Å². The van der Waals surface area contributed by atoms with Crippen LogP contribution in [0.3, 0.4) is 0 Å². The molecule has 27 heavy (non-hydrogen) atoms. The summed E-state index contributed by atoms with van der Waals surface area (Å²) in [4.78, 5) is 21.1. The Morgan fingerprint density at radius 1 is 1.22 bits per heavy atom. The minimum Gasteiger partial charge on any atom is -0.372 e. The zero-order valence-corrected chi connectivity index (χ0v) is 15.4. The lowest BCUT2D eigenvalue weighted by Gasteiger charge is -2.24. The second-order valence-electron chi connectivity index (χ2n) is 6.65. The van der Waals surface area contributed by atoms with E-state index in [9.17, 15) is 18.0 Å². The lowest BCUT2D eigenvalue weighted by Crippen LogP contribution is -2.27. The van der Waals surface area contributed by atoms with E-state index >= 15 is 0 Å². The van der Waals surface area contributed by atoms with Gasteiger partial charge in [0.15, 0.2) is 5.65 Å². The van der Waals surface area contributed by atoms with E-state index in [4.69, 9.17) is 0 Å². The molecule has 0 amide bonds. The van der Waals surface area contributed by atoms with E-state index in [-0.39, 0.29) is 11.6 Å². The predicted molar refractivity (Wildman–Crippen MR) is 97.0 cm³/mol. The van der Waals surface area contributed by atoms with Gasteiger partial charge >= 0.3 is 6.18 Å². The number of nitrogens with zero attached hydrogens (tertiary/aromatic N) is 4. The highest BCUT2D eigenvalue weighted by Crippen LogP contribution is 2.30. The molecule has 0 saturated carbocycles. The average molecular weight is 379 g/mol. The zero-order valence-electron chi connectivity index (χ0n) is 15.4. The van der Waals surface area contributed by atoms with Crippen LogP contribution in [-0.4, -0.2) is 33.3 Å². The summed E-state index contributed by atoms with van der Waals surface area (Å²) < 4.78 is 39.8.